The van der Waals surface area contributed by atoms with Gasteiger partial charge in [-0.05, 0) is 48.6 Å². The summed E-state index contributed by atoms with van der Waals surface area (Å²) in [6.45, 7) is 7.09. The van der Waals surface area contributed by atoms with Crippen molar-refractivity contribution >= 4 is 46.8 Å². The Morgan fingerprint density at radius 3 is 2.50 bits per heavy atom. The smallest absolute Gasteiger partial charge is 0.242 e. The number of hydrogen-bond donors (Lipinski definition) is 1. The quantitative estimate of drug-likeness (QED) is 0.354. The largest absolute Gasteiger partial charge is 0.354 e. The van der Waals surface area contributed by atoms with Crippen LogP contribution in [0.25, 0.3) is 0 Å². The van der Waals surface area contributed by atoms with Gasteiger partial charge in [-0.1, -0.05) is 73.8 Å². The molecule has 2 amide bonds. The highest BCUT2D eigenvalue weighted by atomic mass is 35.5. The van der Waals surface area contributed by atoms with E-state index in [4.69, 9.17) is 23.2 Å². The van der Waals surface area contributed by atoms with Crippen LogP contribution < -0.4 is 5.32 Å². The van der Waals surface area contributed by atoms with E-state index in [-0.39, 0.29) is 17.6 Å². The molecule has 32 heavy (non-hydrogen) atoms. The Hall–Kier alpha value is -1.69. The fourth-order valence-electron chi connectivity index (χ4n) is 3.37. The van der Waals surface area contributed by atoms with Gasteiger partial charge >= 0.3 is 0 Å². The summed E-state index contributed by atoms with van der Waals surface area (Å²) in [5, 5.41) is 4.18. The number of rotatable bonds is 12. The van der Waals surface area contributed by atoms with Crippen LogP contribution in [0.15, 0.2) is 42.5 Å². The lowest BCUT2D eigenvalue weighted by Gasteiger charge is -2.31. The Balaban J connectivity index is 2.13. The SMILES string of the molecule is CCCCNC(=O)[C@H](CC)N(Cc1ccccc1C)C(=O)CSCc1ccc(Cl)cc1Cl. The number of aryl methyl sites for hydroxylation is 1. The van der Waals surface area contributed by atoms with Gasteiger partial charge in [0, 0.05) is 28.9 Å². The van der Waals surface area contributed by atoms with Gasteiger partial charge in [0.15, 0.2) is 0 Å². The highest BCUT2D eigenvalue weighted by Gasteiger charge is 2.28. The predicted octanol–water partition coefficient (Wildman–Crippen LogP) is 6.26. The van der Waals surface area contributed by atoms with Crippen LogP contribution >= 0.6 is 35.0 Å². The average Bonchev–Trinajstić information content (AvgIpc) is 2.76. The predicted molar refractivity (Wildman–Crippen MR) is 136 cm³/mol. The third kappa shape index (κ3) is 8.02. The number of thioether (sulfide) groups is 1. The molecule has 0 unspecified atom stereocenters. The zero-order chi connectivity index (χ0) is 23.5. The molecule has 4 nitrogen and oxygen atoms in total. The number of hydrogen-bond acceptors (Lipinski definition) is 3. The molecule has 0 saturated carbocycles. The van der Waals surface area contributed by atoms with Gasteiger partial charge < -0.3 is 10.2 Å². The van der Waals surface area contributed by atoms with Crippen LogP contribution in [0.1, 0.15) is 49.8 Å². The van der Waals surface area contributed by atoms with Gasteiger partial charge in [-0.2, -0.15) is 0 Å². The molecular weight excluding hydrogens is 463 g/mol. The summed E-state index contributed by atoms with van der Waals surface area (Å²) in [6, 6.07) is 12.9. The molecule has 0 bridgehead atoms. The van der Waals surface area contributed by atoms with Crippen molar-refractivity contribution in [2.75, 3.05) is 12.3 Å². The van der Waals surface area contributed by atoms with Gasteiger partial charge in [-0.25, -0.2) is 0 Å². The number of amides is 2. The first kappa shape index (κ1) is 26.6. The summed E-state index contributed by atoms with van der Waals surface area (Å²) in [6.07, 6.45) is 2.49. The second-order valence-electron chi connectivity index (χ2n) is 7.75. The first-order chi connectivity index (χ1) is 15.4. The highest BCUT2D eigenvalue weighted by molar-refractivity contribution is 7.99. The topological polar surface area (TPSA) is 49.4 Å². The molecule has 0 aliphatic heterocycles. The number of benzene rings is 2. The van der Waals surface area contributed by atoms with E-state index in [1.165, 1.54) is 11.8 Å². The standard InChI is InChI=1S/C25H32Cl2N2O2S/c1-4-6-13-28-25(31)23(5-2)29(15-19-10-8-7-9-18(19)3)24(30)17-32-16-20-11-12-21(26)14-22(20)27/h7-12,14,23H,4-6,13,15-17H2,1-3H3,(H,28,31)/t23-/m0/s1. The van der Waals surface area contributed by atoms with E-state index >= 15 is 0 Å². The Bertz CT molecular complexity index is 907. The van der Waals surface area contributed by atoms with E-state index in [0.29, 0.717) is 35.3 Å². The van der Waals surface area contributed by atoms with E-state index < -0.39 is 6.04 Å². The van der Waals surface area contributed by atoms with Crippen molar-refractivity contribution < 1.29 is 9.59 Å². The van der Waals surface area contributed by atoms with Crippen molar-refractivity contribution in [3.63, 3.8) is 0 Å². The lowest BCUT2D eigenvalue weighted by Crippen LogP contribution is -2.49. The monoisotopic (exact) mass is 494 g/mol. The fraction of sp³-hybridized carbons (Fsp3) is 0.440. The summed E-state index contributed by atoms with van der Waals surface area (Å²) in [4.78, 5) is 27.9. The average molecular weight is 496 g/mol. The van der Waals surface area contributed by atoms with E-state index in [9.17, 15) is 9.59 Å². The van der Waals surface area contributed by atoms with Crippen molar-refractivity contribution in [1.82, 2.24) is 10.2 Å². The van der Waals surface area contributed by atoms with E-state index in [0.717, 1.165) is 29.5 Å². The summed E-state index contributed by atoms with van der Waals surface area (Å²) in [7, 11) is 0. The molecule has 0 aliphatic rings. The van der Waals surface area contributed by atoms with Crippen LogP contribution in [-0.2, 0) is 21.9 Å². The molecule has 0 saturated heterocycles. The molecule has 0 fully saturated rings. The number of carbonyl (C=O) groups excluding carboxylic acids is 2. The van der Waals surface area contributed by atoms with Crippen molar-refractivity contribution in [1.29, 1.82) is 0 Å². The van der Waals surface area contributed by atoms with Crippen molar-refractivity contribution in [2.45, 2.75) is 58.4 Å². The van der Waals surface area contributed by atoms with Crippen LogP contribution in [-0.4, -0.2) is 35.1 Å². The summed E-state index contributed by atoms with van der Waals surface area (Å²) >= 11 is 13.7. The highest BCUT2D eigenvalue weighted by Crippen LogP contribution is 2.25. The molecule has 7 heteroatoms. The first-order valence-electron chi connectivity index (χ1n) is 11.0. The van der Waals surface area contributed by atoms with Gasteiger partial charge in [-0.3, -0.25) is 9.59 Å². The summed E-state index contributed by atoms with van der Waals surface area (Å²) in [5.41, 5.74) is 3.09. The molecule has 2 rings (SSSR count). The fourth-order valence-corrected chi connectivity index (χ4v) is 4.84. The maximum Gasteiger partial charge on any atom is 0.242 e. The first-order valence-corrected chi connectivity index (χ1v) is 12.9. The molecule has 174 valence electrons. The Labute approximate surface area is 206 Å². The number of nitrogens with one attached hydrogen (secondary N) is 1. The van der Waals surface area contributed by atoms with Gasteiger partial charge in [0.2, 0.25) is 11.8 Å². The number of unbranched alkanes of at least 4 members (excludes halogenated alkanes) is 1. The summed E-state index contributed by atoms with van der Waals surface area (Å²) in [5.74, 6) is 0.720. The molecule has 0 spiro atoms. The van der Waals surface area contributed by atoms with E-state index in [1.54, 1.807) is 17.0 Å². The van der Waals surface area contributed by atoms with Crippen LogP contribution in [0, 0.1) is 6.92 Å². The maximum absolute atomic E-state index is 13.3. The van der Waals surface area contributed by atoms with Crippen LogP contribution in [0.2, 0.25) is 10.0 Å². The van der Waals surface area contributed by atoms with Gasteiger partial charge in [0.25, 0.3) is 0 Å². The lowest BCUT2D eigenvalue weighted by atomic mass is 10.1. The van der Waals surface area contributed by atoms with Crippen molar-refractivity contribution in [2.24, 2.45) is 0 Å². The molecular formula is C25H32Cl2N2O2S. The zero-order valence-electron chi connectivity index (χ0n) is 19.0. The molecule has 0 radical (unpaired) electrons. The van der Waals surface area contributed by atoms with Gasteiger partial charge in [0.05, 0.1) is 5.75 Å². The molecule has 1 N–H and O–H groups in total. The van der Waals surface area contributed by atoms with Crippen LogP contribution in [0.5, 0.6) is 0 Å². The molecule has 1 atom stereocenters. The number of halogens is 2. The second kappa shape index (κ2) is 13.8. The zero-order valence-corrected chi connectivity index (χ0v) is 21.3. The second-order valence-corrected chi connectivity index (χ2v) is 9.57. The minimum atomic E-state index is -0.501. The number of nitrogens with zero attached hydrogens (tertiary/aromatic N) is 1. The molecule has 0 heterocycles. The normalized spacial score (nSPS) is 11.8. The third-order valence-electron chi connectivity index (χ3n) is 5.32. The molecule has 2 aromatic carbocycles. The van der Waals surface area contributed by atoms with Crippen molar-refractivity contribution in [3.05, 3.63) is 69.2 Å². The van der Waals surface area contributed by atoms with Crippen molar-refractivity contribution in [3.8, 4) is 0 Å². The molecule has 2 aromatic rings. The maximum atomic E-state index is 13.3. The van der Waals surface area contributed by atoms with E-state index in [2.05, 4.69) is 12.2 Å². The van der Waals surface area contributed by atoms with Crippen LogP contribution in [0.4, 0.5) is 0 Å². The van der Waals surface area contributed by atoms with Gasteiger partial charge in [0.1, 0.15) is 6.04 Å². The van der Waals surface area contributed by atoms with Gasteiger partial charge in [-0.15, -0.1) is 11.8 Å². The minimum Gasteiger partial charge on any atom is -0.354 e. The van der Waals surface area contributed by atoms with E-state index in [1.807, 2.05) is 44.2 Å². The minimum absolute atomic E-state index is 0.0548. The number of carbonyl (C=O) groups is 2. The summed E-state index contributed by atoms with van der Waals surface area (Å²) < 4.78 is 0. The Morgan fingerprint density at radius 1 is 1.09 bits per heavy atom. The molecule has 0 aromatic heterocycles. The Kier molecular flexibility index (Phi) is 11.4. The molecule has 0 aliphatic carbocycles. The lowest BCUT2D eigenvalue weighted by molar-refractivity contribution is -0.139. The van der Waals surface area contributed by atoms with Crippen LogP contribution in [0.3, 0.4) is 0 Å². The Morgan fingerprint density at radius 2 is 1.84 bits per heavy atom. The third-order valence-corrected chi connectivity index (χ3v) is 6.87.